The summed E-state index contributed by atoms with van der Waals surface area (Å²) in [5.74, 6) is 0.510. The Morgan fingerprint density at radius 1 is 1.45 bits per heavy atom. The Hall–Kier alpha value is -1.49. The van der Waals surface area contributed by atoms with Crippen LogP contribution in [0.2, 0.25) is 0 Å². The quantitative estimate of drug-likeness (QED) is 0.839. The topological polar surface area (TPSA) is 68.0 Å². The largest absolute Gasteiger partial charge is 0.391 e. The molecule has 2 rings (SSSR count). The highest BCUT2D eigenvalue weighted by Gasteiger charge is 2.38. The fourth-order valence-corrected chi connectivity index (χ4v) is 2.83. The molecule has 1 aliphatic carbocycles. The van der Waals surface area contributed by atoms with Gasteiger partial charge in [-0.1, -0.05) is 19.1 Å². The fourth-order valence-electron chi connectivity index (χ4n) is 2.58. The summed E-state index contributed by atoms with van der Waals surface area (Å²) in [4.78, 5) is 16.9. The van der Waals surface area contributed by atoms with E-state index in [0.717, 1.165) is 31.4 Å². The number of hydrogen-bond donors (Lipinski definition) is 2. The number of hydrogen-bond acceptors (Lipinski definition) is 3. The predicted octanol–water partition coefficient (Wildman–Crippen LogP) is 2.35. The van der Waals surface area contributed by atoms with Crippen molar-refractivity contribution in [2.75, 3.05) is 0 Å². The van der Waals surface area contributed by atoms with Crippen LogP contribution in [0.4, 0.5) is 0 Å². The first-order valence-corrected chi connectivity index (χ1v) is 7.39. The van der Waals surface area contributed by atoms with E-state index in [2.05, 4.69) is 17.2 Å². The van der Waals surface area contributed by atoms with Gasteiger partial charge in [-0.2, -0.15) is 0 Å². The van der Waals surface area contributed by atoms with Gasteiger partial charge in [-0.25, -0.2) is 0 Å². The van der Waals surface area contributed by atoms with Crippen molar-refractivity contribution < 1.29 is 4.79 Å². The lowest BCUT2D eigenvalue weighted by Crippen LogP contribution is -2.58. The molecule has 0 bridgehead atoms. The molecular weight excluding hydrogens is 270 g/mol. The summed E-state index contributed by atoms with van der Waals surface area (Å²) in [6, 6.07) is 3.60. The number of carbonyl (C=O) groups excluding carboxylic acids is 1. The zero-order chi connectivity index (χ0) is 14.8. The Bertz CT molecular complexity index is 504. The van der Waals surface area contributed by atoms with Crippen molar-refractivity contribution in [2.24, 2.45) is 11.7 Å². The number of thiocarbonyl (C=S) groups is 1. The Kier molecular flexibility index (Phi) is 4.38. The van der Waals surface area contributed by atoms with Crippen LogP contribution >= 0.6 is 12.2 Å². The molecule has 1 amide bonds. The SMILES string of the molecule is Cc1ccc(C(=O)NC2(C(N)=S)CCC(C)CC2)cn1. The highest BCUT2D eigenvalue weighted by molar-refractivity contribution is 7.80. The maximum atomic E-state index is 12.3. The lowest BCUT2D eigenvalue weighted by atomic mass is 9.77. The zero-order valence-corrected chi connectivity index (χ0v) is 12.8. The van der Waals surface area contributed by atoms with Gasteiger partial charge in [0.15, 0.2) is 0 Å². The van der Waals surface area contributed by atoms with Crippen LogP contribution < -0.4 is 11.1 Å². The number of nitrogens with zero attached hydrogens (tertiary/aromatic N) is 1. The van der Waals surface area contributed by atoms with E-state index >= 15 is 0 Å². The van der Waals surface area contributed by atoms with Gasteiger partial charge in [0.25, 0.3) is 5.91 Å². The van der Waals surface area contributed by atoms with Crippen molar-refractivity contribution >= 4 is 23.1 Å². The van der Waals surface area contributed by atoms with Crippen LogP contribution in [0.3, 0.4) is 0 Å². The van der Waals surface area contributed by atoms with Gasteiger partial charge in [0.2, 0.25) is 0 Å². The van der Waals surface area contributed by atoms with E-state index in [9.17, 15) is 4.79 Å². The highest BCUT2D eigenvalue weighted by Crippen LogP contribution is 2.32. The molecule has 108 valence electrons. The number of carbonyl (C=O) groups is 1. The molecule has 4 nitrogen and oxygen atoms in total. The highest BCUT2D eigenvalue weighted by atomic mass is 32.1. The summed E-state index contributed by atoms with van der Waals surface area (Å²) >= 11 is 5.20. The first-order valence-electron chi connectivity index (χ1n) is 6.98. The minimum atomic E-state index is -0.538. The van der Waals surface area contributed by atoms with E-state index in [4.69, 9.17) is 18.0 Å². The van der Waals surface area contributed by atoms with Gasteiger partial charge < -0.3 is 11.1 Å². The lowest BCUT2D eigenvalue weighted by molar-refractivity contribution is 0.0900. The number of amides is 1. The van der Waals surface area contributed by atoms with Crippen molar-refractivity contribution in [1.29, 1.82) is 0 Å². The summed E-state index contributed by atoms with van der Waals surface area (Å²) in [5, 5.41) is 3.04. The first-order chi connectivity index (χ1) is 9.43. The third-order valence-electron chi connectivity index (χ3n) is 4.13. The maximum absolute atomic E-state index is 12.3. The molecule has 3 N–H and O–H groups in total. The van der Waals surface area contributed by atoms with Gasteiger partial charge in [0.1, 0.15) is 0 Å². The molecule has 1 fully saturated rings. The molecule has 1 aromatic rings. The van der Waals surface area contributed by atoms with Gasteiger partial charge in [-0.05, 0) is 50.7 Å². The molecule has 1 aliphatic rings. The predicted molar refractivity (Wildman–Crippen MR) is 83.6 cm³/mol. The van der Waals surface area contributed by atoms with Crippen molar-refractivity contribution in [3.8, 4) is 0 Å². The Morgan fingerprint density at radius 2 is 2.10 bits per heavy atom. The van der Waals surface area contributed by atoms with Crippen molar-refractivity contribution in [1.82, 2.24) is 10.3 Å². The van der Waals surface area contributed by atoms with Crippen LogP contribution in [0.15, 0.2) is 18.3 Å². The summed E-state index contributed by atoms with van der Waals surface area (Å²) in [6.07, 6.45) is 5.28. The summed E-state index contributed by atoms with van der Waals surface area (Å²) in [7, 11) is 0. The average Bonchev–Trinajstić information content (AvgIpc) is 2.42. The maximum Gasteiger partial charge on any atom is 0.253 e. The number of aryl methyl sites for hydroxylation is 1. The summed E-state index contributed by atoms with van der Waals surface area (Å²) < 4.78 is 0. The molecule has 0 spiro atoms. The molecule has 0 radical (unpaired) electrons. The number of pyridine rings is 1. The smallest absolute Gasteiger partial charge is 0.253 e. The first kappa shape index (κ1) is 14.9. The van der Waals surface area contributed by atoms with Crippen molar-refractivity contribution in [2.45, 2.75) is 45.1 Å². The van der Waals surface area contributed by atoms with Gasteiger partial charge in [-0.15, -0.1) is 0 Å². The van der Waals surface area contributed by atoms with E-state index in [1.807, 2.05) is 13.0 Å². The molecule has 0 aromatic carbocycles. The molecular formula is C15H21N3OS. The number of aromatic nitrogens is 1. The average molecular weight is 291 g/mol. The second-order valence-corrected chi connectivity index (χ2v) is 6.21. The summed E-state index contributed by atoms with van der Waals surface area (Å²) in [5.41, 5.74) is 6.79. The van der Waals surface area contributed by atoms with Crippen LogP contribution in [0, 0.1) is 12.8 Å². The minimum Gasteiger partial charge on any atom is -0.391 e. The monoisotopic (exact) mass is 291 g/mol. The number of nitrogens with one attached hydrogen (secondary N) is 1. The van der Waals surface area contributed by atoms with Crippen LogP contribution in [-0.4, -0.2) is 21.4 Å². The molecule has 1 saturated carbocycles. The standard InChI is InChI=1S/C15H21N3OS/c1-10-5-7-15(8-6-10,14(16)20)18-13(19)12-4-3-11(2)17-9-12/h3-4,9-10H,5-8H2,1-2H3,(H2,16,20)(H,18,19). The fraction of sp³-hybridized carbons (Fsp3) is 0.533. The van der Waals surface area contributed by atoms with Crippen LogP contribution in [0.1, 0.15) is 48.7 Å². The van der Waals surface area contributed by atoms with Crippen LogP contribution in [0.25, 0.3) is 0 Å². The van der Waals surface area contributed by atoms with Crippen LogP contribution in [-0.2, 0) is 0 Å². The Balaban J connectivity index is 2.14. The molecule has 0 atom stereocenters. The van der Waals surface area contributed by atoms with Crippen LogP contribution in [0.5, 0.6) is 0 Å². The van der Waals surface area contributed by atoms with E-state index < -0.39 is 5.54 Å². The van der Waals surface area contributed by atoms with Crippen molar-refractivity contribution in [3.05, 3.63) is 29.6 Å². The molecule has 5 heteroatoms. The molecule has 0 unspecified atom stereocenters. The molecule has 0 aliphatic heterocycles. The normalized spacial score (nSPS) is 26.0. The van der Waals surface area contributed by atoms with E-state index in [-0.39, 0.29) is 5.91 Å². The molecule has 0 saturated heterocycles. The Labute approximate surface area is 125 Å². The molecule has 1 aromatic heterocycles. The second-order valence-electron chi connectivity index (χ2n) is 5.77. The molecule has 20 heavy (non-hydrogen) atoms. The van der Waals surface area contributed by atoms with E-state index in [1.54, 1.807) is 12.3 Å². The third kappa shape index (κ3) is 3.15. The summed E-state index contributed by atoms with van der Waals surface area (Å²) in [6.45, 7) is 4.11. The lowest BCUT2D eigenvalue weighted by Gasteiger charge is -2.39. The van der Waals surface area contributed by atoms with Gasteiger partial charge >= 0.3 is 0 Å². The Morgan fingerprint density at radius 3 is 2.60 bits per heavy atom. The number of nitrogens with two attached hydrogens (primary N) is 1. The zero-order valence-electron chi connectivity index (χ0n) is 12.0. The van der Waals surface area contributed by atoms with E-state index in [1.165, 1.54) is 0 Å². The van der Waals surface area contributed by atoms with Gasteiger partial charge in [0, 0.05) is 11.9 Å². The van der Waals surface area contributed by atoms with Gasteiger partial charge in [-0.3, -0.25) is 9.78 Å². The number of rotatable bonds is 3. The van der Waals surface area contributed by atoms with E-state index in [0.29, 0.717) is 16.5 Å². The molecule has 1 heterocycles. The van der Waals surface area contributed by atoms with Gasteiger partial charge in [0.05, 0.1) is 16.1 Å². The second kappa shape index (κ2) is 5.87. The minimum absolute atomic E-state index is 0.153. The third-order valence-corrected chi connectivity index (χ3v) is 4.52. The van der Waals surface area contributed by atoms with Crippen molar-refractivity contribution in [3.63, 3.8) is 0 Å².